The molecule has 2 rings (SSSR count). The van der Waals surface area contributed by atoms with Crippen LogP contribution in [-0.4, -0.2) is 12.6 Å². The zero-order chi connectivity index (χ0) is 15.2. The van der Waals surface area contributed by atoms with Crippen LogP contribution in [0.2, 0.25) is 0 Å². The van der Waals surface area contributed by atoms with E-state index in [0.717, 1.165) is 17.4 Å². The molecule has 1 N–H and O–H groups in total. The first-order chi connectivity index (χ1) is 10.1. The Hall–Kier alpha value is -0.900. The van der Waals surface area contributed by atoms with Crippen LogP contribution in [-0.2, 0) is 0 Å². The Bertz CT molecular complexity index is 613. The largest absolute Gasteiger partial charge is 0.311 e. The second kappa shape index (κ2) is 7.92. The molecule has 21 heavy (non-hydrogen) atoms. The third-order valence-corrected chi connectivity index (χ3v) is 5.06. The fourth-order valence-electron chi connectivity index (χ4n) is 2.05. The van der Waals surface area contributed by atoms with Crippen molar-refractivity contribution in [2.75, 3.05) is 6.54 Å². The summed E-state index contributed by atoms with van der Waals surface area (Å²) in [6.07, 6.45) is 3.41. The molecule has 0 atom stereocenters. The summed E-state index contributed by atoms with van der Waals surface area (Å²) in [5.41, 5.74) is 2.71. The van der Waals surface area contributed by atoms with Crippen molar-refractivity contribution in [3.05, 3.63) is 51.3 Å². The number of thiophene rings is 1. The lowest BCUT2D eigenvalue weighted by Crippen LogP contribution is -2.24. The minimum atomic E-state index is 0.527. The number of nitrogens with one attached hydrogen (secondary N) is 1. The molecule has 0 unspecified atom stereocenters. The number of hydrogen-bond donors (Lipinski definition) is 1. The van der Waals surface area contributed by atoms with Crippen LogP contribution in [0.5, 0.6) is 0 Å². The van der Waals surface area contributed by atoms with E-state index < -0.39 is 0 Å². The Balaban J connectivity index is 2.17. The molecule has 1 aromatic carbocycles. The monoisotopic (exact) mass is 363 g/mol. The van der Waals surface area contributed by atoms with Crippen LogP contribution in [0.4, 0.5) is 0 Å². The summed E-state index contributed by atoms with van der Waals surface area (Å²) >= 11 is 5.47. The van der Waals surface area contributed by atoms with Gasteiger partial charge in [0.25, 0.3) is 0 Å². The van der Waals surface area contributed by atoms with Gasteiger partial charge in [-0.2, -0.15) is 0 Å². The van der Waals surface area contributed by atoms with Gasteiger partial charge in [-0.1, -0.05) is 60.5 Å². The average molecular weight is 364 g/mol. The molecule has 112 valence electrons. The number of hydrogen-bond acceptors (Lipinski definition) is 2. The van der Waals surface area contributed by atoms with Crippen molar-refractivity contribution >= 4 is 33.3 Å². The second-order valence-electron chi connectivity index (χ2n) is 5.37. The third-order valence-electron chi connectivity index (χ3n) is 3.30. The van der Waals surface area contributed by atoms with Crippen LogP contribution in [0, 0.1) is 0 Å². The highest BCUT2D eigenvalue weighted by atomic mass is 79.9. The van der Waals surface area contributed by atoms with Crippen LogP contribution >= 0.6 is 27.3 Å². The smallest absolute Gasteiger partial charge is 0.0360 e. The Labute approximate surface area is 140 Å². The lowest BCUT2D eigenvalue weighted by atomic mass is 10.1. The molecule has 2 aromatic rings. The molecule has 0 aliphatic rings. The van der Waals surface area contributed by atoms with Gasteiger partial charge in [0.1, 0.15) is 0 Å². The van der Waals surface area contributed by atoms with Gasteiger partial charge in [-0.25, -0.2) is 0 Å². The zero-order valence-electron chi connectivity index (χ0n) is 12.8. The van der Waals surface area contributed by atoms with E-state index in [1.54, 1.807) is 0 Å². The van der Waals surface area contributed by atoms with E-state index in [-0.39, 0.29) is 0 Å². The van der Waals surface area contributed by atoms with Crippen molar-refractivity contribution in [2.24, 2.45) is 0 Å². The maximum atomic E-state index is 3.63. The molecule has 0 aliphatic heterocycles. The Morgan fingerprint density at radius 3 is 2.67 bits per heavy atom. The predicted molar refractivity (Wildman–Crippen MR) is 98.9 cm³/mol. The third kappa shape index (κ3) is 4.80. The van der Waals surface area contributed by atoms with Crippen LogP contribution < -0.4 is 5.32 Å². The topological polar surface area (TPSA) is 12.0 Å². The maximum absolute atomic E-state index is 3.63. The minimum absolute atomic E-state index is 0.527. The van der Waals surface area contributed by atoms with Crippen LogP contribution in [0.15, 0.2) is 46.4 Å². The van der Waals surface area contributed by atoms with Gasteiger partial charge in [0.05, 0.1) is 0 Å². The summed E-state index contributed by atoms with van der Waals surface area (Å²) in [4.78, 5) is 2.63. The normalized spacial score (nSPS) is 12.1. The summed E-state index contributed by atoms with van der Waals surface area (Å²) in [6, 6.07) is 13.3. The van der Waals surface area contributed by atoms with E-state index in [4.69, 9.17) is 0 Å². The highest BCUT2D eigenvalue weighted by Gasteiger charge is 2.05. The number of benzene rings is 1. The average Bonchev–Trinajstić information content (AvgIpc) is 2.92. The number of halogens is 1. The Kier molecular flexibility index (Phi) is 6.22. The first-order valence-corrected chi connectivity index (χ1v) is 8.98. The molecule has 0 saturated heterocycles. The highest BCUT2D eigenvalue weighted by Crippen LogP contribution is 2.34. The van der Waals surface area contributed by atoms with Gasteiger partial charge >= 0.3 is 0 Å². The van der Waals surface area contributed by atoms with E-state index >= 15 is 0 Å². The zero-order valence-corrected chi connectivity index (χ0v) is 15.2. The molecule has 1 heterocycles. The molecule has 1 nitrogen and oxygen atoms in total. The van der Waals surface area contributed by atoms with Gasteiger partial charge in [-0.15, -0.1) is 11.3 Å². The standard InChI is InChI=1S/C18H22BrNS/c1-4-14(12-20-13(2)3)11-15-9-10-18(21-15)16-7-5-6-8-17(16)19/h5-11,13,20H,4,12H2,1-3H3. The molecular formula is C18H22BrNS. The summed E-state index contributed by atoms with van der Waals surface area (Å²) < 4.78 is 1.15. The Morgan fingerprint density at radius 1 is 1.24 bits per heavy atom. The van der Waals surface area contributed by atoms with Gasteiger partial charge in [0.15, 0.2) is 0 Å². The lowest BCUT2D eigenvalue weighted by molar-refractivity contribution is 0.617. The summed E-state index contributed by atoms with van der Waals surface area (Å²) in [6.45, 7) is 7.56. The van der Waals surface area contributed by atoms with Gasteiger partial charge in [0.2, 0.25) is 0 Å². The first kappa shape index (κ1) is 16.5. The summed E-state index contributed by atoms with van der Waals surface area (Å²) in [5, 5.41) is 3.49. The highest BCUT2D eigenvalue weighted by molar-refractivity contribution is 9.10. The van der Waals surface area contributed by atoms with Crippen molar-refractivity contribution in [3.63, 3.8) is 0 Å². The van der Waals surface area contributed by atoms with E-state index in [1.807, 2.05) is 11.3 Å². The lowest BCUT2D eigenvalue weighted by Gasteiger charge is -2.09. The quantitative estimate of drug-likeness (QED) is 0.666. The van der Waals surface area contributed by atoms with E-state index in [2.05, 4.69) is 84.5 Å². The molecule has 0 radical (unpaired) electrons. The Morgan fingerprint density at radius 2 is 2.00 bits per heavy atom. The maximum Gasteiger partial charge on any atom is 0.0360 e. The minimum Gasteiger partial charge on any atom is -0.311 e. The molecule has 1 aromatic heterocycles. The first-order valence-electron chi connectivity index (χ1n) is 7.37. The van der Waals surface area contributed by atoms with Crippen LogP contribution in [0.1, 0.15) is 32.1 Å². The molecule has 0 bridgehead atoms. The van der Waals surface area contributed by atoms with Gasteiger partial charge < -0.3 is 5.32 Å². The van der Waals surface area contributed by atoms with Crippen molar-refractivity contribution < 1.29 is 0 Å². The SMILES string of the molecule is CCC(=Cc1ccc(-c2ccccc2Br)s1)CNC(C)C. The summed E-state index contributed by atoms with van der Waals surface area (Å²) in [5.74, 6) is 0. The molecule has 0 fully saturated rings. The van der Waals surface area contributed by atoms with Gasteiger partial charge in [0, 0.05) is 32.4 Å². The molecule has 3 heteroatoms. The van der Waals surface area contributed by atoms with Crippen molar-refractivity contribution in [3.8, 4) is 10.4 Å². The van der Waals surface area contributed by atoms with E-state index in [0.29, 0.717) is 6.04 Å². The van der Waals surface area contributed by atoms with Crippen molar-refractivity contribution in [1.29, 1.82) is 0 Å². The summed E-state index contributed by atoms with van der Waals surface area (Å²) in [7, 11) is 0. The molecule has 0 amide bonds. The van der Waals surface area contributed by atoms with Gasteiger partial charge in [-0.3, -0.25) is 0 Å². The number of rotatable bonds is 6. The van der Waals surface area contributed by atoms with E-state index in [1.165, 1.54) is 20.9 Å². The van der Waals surface area contributed by atoms with Gasteiger partial charge in [-0.05, 0) is 30.7 Å². The molecular weight excluding hydrogens is 342 g/mol. The van der Waals surface area contributed by atoms with Crippen LogP contribution in [0.25, 0.3) is 16.5 Å². The van der Waals surface area contributed by atoms with Crippen molar-refractivity contribution in [2.45, 2.75) is 33.2 Å². The second-order valence-corrected chi connectivity index (χ2v) is 7.34. The molecule has 0 aliphatic carbocycles. The van der Waals surface area contributed by atoms with E-state index in [9.17, 15) is 0 Å². The fourth-order valence-corrected chi connectivity index (χ4v) is 3.72. The predicted octanol–water partition coefficient (Wildman–Crippen LogP) is 5.97. The molecule has 0 saturated carbocycles. The fraction of sp³-hybridized carbons (Fsp3) is 0.333. The van der Waals surface area contributed by atoms with Crippen LogP contribution in [0.3, 0.4) is 0 Å². The molecule has 0 spiro atoms. The van der Waals surface area contributed by atoms with Crippen molar-refractivity contribution in [1.82, 2.24) is 5.32 Å².